The summed E-state index contributed by atoms with van der Waals surface area (Å²) in [6, 6.07) is 0.402. The van der Waals surface area contributed by atoms with Gasteiger partial charge in [0.05, 0.1) is 17.2 Å². The summed E-state index contributed by atoms with van der Waals surface area (Å²) in [6.07, 6.45) is 5.30. The molecule has 1 amide bonds. The van der Waals surface area contributed by atoms with E-state index in [0.717, 1.165) is 24.8 Å². The third-order valence-electron chi connectivity index (χ3n) is 5.36. The minimum Gasteiger partial charge on any atom is -0.461 e. The number of rotatable bonds is 4. The topological polar surface area (TPSA) is 73.8 Å². The second-order valence-corrected chi connectivity index (χ2v) is 7.71. The lowest BCUT2D eigenvalue weighted by atomic mass is 9.81. The summed E-state index contributed by atoms with van der Waals surface area (Å²) < 4.78 is 17.6. The largest absolute Gasteiger partial charge is 0.498 e. The molecule has 2 aliphatic rings. The fourth-order valence-electron chi connectivity index (χ4n) is 3.10. The molecule has 0 aliphatic carbocycles. The van der Waals surface area contributed by atoms with Gasteiger partial charge in [0.25, 0.3) is 0 Å². The van der Waals surface area contributed by atoms with Crippen LogP contribution >= 0.6 is 0 Å². The first kappa shape index (κ1) is 18.1. The second-order valence-electron chi connectivity index (χ2n) is 7.71. The Morgan fingerprint density at radius 2 is 1.88 bits per heavy atom. The van der Waals surface area contributed by atoms with Crippen molar-refractivity contribution < 1.29 is 18.8 Å². The third kappa shape index (κ3) is 3.65. The third-order valence-corrected chi connectivity index (χ3v) is 5.36. The summed E-state index contributed by atoms with van der Waals surface area (Å²) in [6.45, 7) is 10.8. The molecule has 3 heterocycles. The molecule has 0 spiro atoms. The molecule has 2 saturated heterocycles. The molecule has 1 atom stereocenters. The molecule has 1 aromatic heterocycles. The predicted molar refractivity (Wildman–Crippen MR) is 93.7 cm³/mol. The first-order chi connectivity index (χ1) is 11.7. The molecule has 1 unspecified atom stereocenters. The van der Waals surface area contributed by atoms with E-state index in [1.54, 1.807) is 19.3 Å². The van der Waals surface area contributed by atoms with Crippen LogP contribution in [0.1, 0.15) is 47.5 Å². The van der Waals surface area contributed by atoms with Gasteiger partial charge in [-0.2, -0.15) is 0 Å². The first-order valence-electron chi connectivity index (χ1n) is 8.77. The van der Waals surface area contributed by atoms with Crippen LogP contribution in [0.3, 0.4) is 0 Å². The van der Waals surface area contributed by atoms with Crippen LogP contribution in [0.2, 0.25) is 0 Å². The predicted octanol–water partition coefficient (Wildman–Crippen LogP) is 1.17. The average molecular weight is 347 g/mol. The Bertz CT molecular complexity index is 619. The monoisotopic (exact) mass is 347 g/mol. The number of hydrogen-bond acceptors (Lipinski definition) is 6. The van der Waals surface area contributed by atoms with Crippen LogP contribution in [0.25, 0.3) is 0 Å². The van der Waals surface area contributed by atoms with Crippen LogP contribution < -0.4 is 10.2 Å². The van der Waals surface area contributed by atoms with Gasteiger partial charge in [-0.15, -0.1) is 0 Å². The lowest BCUT2D eigenvalue weighted by Gasteiger charge is -2.32. The normalized spacial score (nSPS) is 24.6. The maximum atomic E-state index is 11.6. The number of carbonyl (C=O) groups excluding carboxylic acids is 1. The van der Waals surface area contributed by atoms with Crippen molar-refractivity contribution in [3.8, 4) is 6.01 Å². The van der Waals surface area contributed by atoms with Crippen molar-refractivity contribution in [3.05, 3.63) is 12.4 Å². The van der Waals surface area contributed by atoms with Crippen molar-refractivity contribution >= 4 is 18.5 Å². The summed E-state index contributed by atoms with van der Waals surface area (Å²) >= 11 is 0. The highest BCUT2D eigenvalue weighted by atomic mass is 16.7. The van der Waals surface area contributed by atoms with Crippen LogP contribution in [0.5, 0.6) is 6.01 Å². The van der Waals surface area contributed by atoms with E-state index in [9.17, 15) is 4.79 Å². The summed E-state index contributed by atoms with van der Waals surface area (Å²) in [4.78, 5) is 21.9. The Hall–Kier alpha value is -1.67. The minimum atomic E-state index is -0.484. The number of likely N-dealkylation sites (tertiary alicyclic amines) is 1. The van der Waals surface area contributed by atoms with Crippen molar-refractivity contribution in [2.24, 2.45) is 0 Å². The maximum Gasteiger partial charge on any atom is 0.498 e. The van der Waals surface area contributed by atoms with Crippen molar-refractivity contribution in [2.75, 3.05) is 13.2 Å². The van der Waals surface area contributed by atoms with Gasteiger partial charge in [0, 0.05) is 31.3 Å². The average Bonchev–Trinajstić information content (AvgIpc) is 3.08. The fourth-order valence-corrected chi connectivity index (χ4v) is 3.10. The first-order valence-corrected chi connectivity index (χ1v) is 8.77. The van der Waals surface area contributed by atoms with E-state index in [1.807, 2.05) is 32.6 Å². The Labute approximate surface area is 149 Å². The Morgan fingerprint density at radius 3 is 2.44 bits per heavy atom. The van der Waals surface area contributed by atoms with Crippen molar-refractivity contribution in [1.29, 1.82) is 0 Å². The quantitative estimate of drug-likeness (QED) is 0.761. The van der Waals surface area contributed by atoms with Gasteiger partial charge < -0.3 is 18.9 Å². The van der Waals surface area contributed by atoms with E-state index in [-0.39, 0.29) is 11.9 Å². The van der Waals surface area contributed by atoms with Crippen molar-refractivity contribution in [3.63, 3.8) is 0 Å². The van der Waals surface area contributed by atoms with Gasteiger partial charge in [-0.3, -0.25) is 4.79 Å². The smallest absolute Gasteiger partial charge is 0.461 e. The molecule has 8 heteroatoms. The molecule has 0 saturated carbocycles. The molecule has 0 bridgehead atoms. The zero-order valence-corrected chi connectivity index (χ0v) is 15.6. The van der Waals surface area contributed by atoms with E-state index in [0.29, 0.717) is 12.6 Å². The SMILES string of the molecule is CC(=O)N1CCCC1COc1ncc(B2OC(C)(C)C(C)(C)O2)cn1. The van der Waals surface area contributed by atoms with E-state index in [1.165, 1.54) is 0 Å². The summed E-state index contributed by atoms with van der Waals surface area (Å²) in [5.74, 6) is 0.0862. The summed E-state index contributed by atoms with van der Waals surface area (Å²) in [5.41, 5.74) is -0.0334. The van der Waals surface area contributed by atoms with Gasteiger partial charge >= 0.3 is 13.1 Å². The number of amides is 1. The Kier molecular flexibility index (Phi) is 4.77. The maximum absolute atomic E-state index is 11.6. The van der Waals surface area contributed by atoms with Gasteiger partial charge in [-0.1, -0.05) is 0 Å². The van der Waals surface area contributed by atoms with Crippen LogP contribution in [0, 0.1) is 0 Å². The summed E-state index contributed by atoms with van der Waals surface area (Å²) in [5, 5.41) is 0. The zero-order chi connectivity index (χ0) is 18.2. The molecule has 0 N–H and O–H groups in total. The Morgan fingerprint density at radius 1 is 1.28 bits per heavy atom. The van der Waals surface area contributed by atoms with E-state index in [2.05, 4.69) is 9.97 Å². The molecular weight excluding hydrogens is 321 g/mol. The molecule has 7 nitrogen and oxygen atoms in total. The Balaban J connectivity index is 1.59. The van der Waals surface area contributed by atoms with Gasteiger partial charge in [-0.05, 0) is 40.5 Å². The van der Waals surface area contributed by atoms with Gasteiger partial charge in [0.1, 0.15) is 6.61 Å². The molecule has 136 valence electrons. The standard InChI is InChI=1S/C17H26BN3O4/c1-12(22)21-8-6-7-14(21)11-23-15-19-9-13(10-20-15)18-24-16(2,3)17(4,5)25-18/h9-10,14H,6-8,11H2,1-5H3. The molecule has 0 radical (unpaired) electrons. The molecule has 1 aromatic rings. The number of nitrogens with zero attached hydrogens (tertiary/aromatic N) is 3. The highest BCUT2D eigenvalue weighted by Gasteiger charge is 2.52. The molecule has 2 aliphatic heterocycles. The number of hydrogen-bond donors (Lipinski definition) is 0. The number of ether oxygens (including phenoxy) is 1. The van der Waals surface area contributed by atoms with Crippen LogP contribution in [0.4, 0.5) is 0 Å². The molecule has 3 rings (SSSR count). The highest BCUT2D eigenvalue weighted by Crippen LogP contribution is 2.36. The van der Waals surface area contributed by atoms with Crippen LogP contribution in [0.15, 0.2) is 12.4 Å². The van der Waals surface area contributed by atoms with Crippen molar-refractivity contribution in [1.82, 2.24) is 14.9 Å². The van der Waals surface area contributed by atoms with Crippen LogP contribution in [-0.4, -0.2) is 58.3 Å². The molecule has 0 aromatic carbocycles. The molecule has 2 fully saturated rings. The molecule has 25 heavy (non-hydrogen) atoms. The lowest BCUT2D eigenvalue weighted by Crippen LogP contribution is -2.41. The lowest BCUT2D eigenvalue weighted by molar-refractivity contribution is -0.130. The van der Waals surface area contributed by atoms with Gasteiger partial charge in [0.15, 0.2) is 0 Å². The minimum absolute atomic E-state index is 0.0862. The van der Waals surface area contributed by atoms with Gasteiger partial charge in [0.2, 0.25) is 5.91 Å². The fraction of sp³-hybridized carbons (Fsp3) is 0.706. The van der Waals surface area contributed by atoms with E-state index in [4.69, 9.17) is 14.0 Å². The van der Waals surface area contributed by atoms with Gasteiger partial charge in [-0.25, -0.2) is 9.97 Å². The second kappa shape index (κ2) is 6.57. The van der Waals surface area contributed by atoms with E-state index >= 15 is 0 Å². The summed E-state index contributed by atoms with van der Waals surface area (Å²) in [7, 11) is -0.484. The van der Waals surface area contributed by atoms with E-state index < -0.39 is 18.3 Å². The zero-order valence-electron chi connectivity index (χ0n) is 15.6. The van der Waals surface area contributed by atoms with Crippen molar-refractivity contribution in [2.45, 2.75) is 64.7 Å². The number of aromatic nitrogens is 2. The number of carbonyl (C=O) groups is 1. The highest BCUT2D eigenvalue weighted by molar-refractivity contribution is 6.61. The molecular formula is C17H26BN3O4. The van der Waals surface area contributed by atoms with Crippen LogP contribution in [-0.2, 0) is 14.1 Å².